The Morgan fingerprint density at radius 3 is 2.67 bits per heavy atom. The van der Waals surface area contributed by atoms with Gasteiger partial charge in [0.15, 0.2) is 16.6 Å². The van der Waals surface area contributed by atoms with Crippen LogP contribution in [0, 0.1) is 0 Å². The molecule has 0 atom stereocenters. The van der Waals surface area contributed by atoms with Crippen LogP contribution in [-0.2, 0) is 13.1 Å². The topological polar surface area (TPSA) is 83.0 Å². The van der Waals surface area contributed by atoms with Crippen LogP contribution in [0.3, 0.4) is 0 Å². The highest BCUT2D eigenvalue weighted by Crippen LogP contribution is 2.35. The molecular weight excluding hydrogens is 440 g/mol. The molecule has 3 aromatic rings. The zero-order valence-electron chi connectivity index (χ0n) is 19.1. The predicted octanol–water partition coefficient (Wildman–Crippen LogP) is 3.46. The molecule has 1 aromatic carbocycles. The number of ether oxygens (including phenoxy) is 2. The van der Waals surface area contributed by atoms with Crippen molar-refractivity contribution in [2.45, 2.75) is 33.4 Å². The van der Waals surface area contributed by atoms with Crippen molar-refractivity contribution in [3.05, 3.63) is 58.3 Å². The van der Waals surface area contributed by atoms with Crippen LogP contribution in [0.1, 0.15) is 31.6 Å². The van der Waals surface area contributed by atoms with Gasteiger partial charge in [0, 0.05) is 23.6 Å². The van der Waals surface area contributed by atoms with E-state index in [1.807, 2.05) is 29.2 Å². The minimum absolute atomic E-state index is 0.135. The minimum atomic E-state index is -0.135. The van der Waals surface area contributed by atoms with Gasteiger partial charge in [-0.1, -0.05) is 13.8 Å². The fourth-order valence-electron chi connectivity index (χ4n) is 3.93. The van der Waals surface area contributed by atoms with Gasteiger partial charge in [-0.25, -0.2) is 0 Å². The molecule has 0 saturated heterocycles. The van der Waals surface area contributed by atoms with E-state index in [0.29, 0.717) is 35.3 Å². The average molecular weight is 471 g/mol. The lowest BCUT2D eigenvalue weighted by Crippen LogP contribution is -2.41. The minimum Gasteiger partial charge on any atom is -0.467 e. The molecule has 1 aliphatic heterocycles. The largest absolute Gasteiger partial charge is 0.467 e. The lowest BCUT2D eigenvalue weighted by atomic mass is 10.1. The number of nitrogens with one attached hydrogen (secondary N) is 2. The first kappa shape index (κ1) is 23.1. The first-order chi connectivity index (χ1) is 16.1. The molecule has 3 heterocycles. The number of aromatic amines is 1. The van der Waals surface area contributed by atoms with Crippen LogP contribution in [0.5, 0.6) is 11.5 Å². The van der Waals surface area contributed by atoms with Gasteiger partial charge in [-0.2, -0.15) is 0 Å². The van der Waals surface area contributed by atoms with Crippen molar-refractivity contribution in [2.24, 2.45) is 0 Å². The molecule has 2 N–H and O–H groups in total. The van der Waals surface area contributed by atoms with Crippen molar-refractivity contribution in [3.63, 3.8) is 0 Å². The molecule has 0 bridgehead atoms. The molecule has 2 aromatic heterocycles. The standard InChI is InChI=1S/C24H30N4O4S/c1-3-27(4-2)8-6-9-28(24(33)25-14-19-7-5-10-30-19)15-18-11-17-12-21-22(32-16-31-21)13-20(17)26-23(18)29/h5,7,10-13H,3-4,6,8-9,14-16H2,1-2H3,(H,25,33)(H,26,29). The Bertz CT molecular complexity index is 1140. The lowest BCUT2D eigenvalue weighted by molar-refractivity contribution is 0.174. The van der Waals surface area contributed by atoms with E-state index in [1.165, 1.54) is 0 Å². The van der Waals surface area contributed by atoms with Crippen LogP contribution in [-0.4, -0.2) is 52.9 Å². The number of thiocarbonyl (C=S) groups is 1. The van der Waals surface area contributed by atoms with E-state index >= 15 is 0 Å². The molecule has 4 rings (SSSR count). The third kappa shape index (κ3) is 5.66. The summed E-state index contributed by atoms with van der Waals surface area (Å²) >= 11 is 5.70. The Hall–Kier alpha value is -3.04. The van der Waals surface area contributed by atoms with Crippen LogP contribution in [0.15, 0.2) is 45.8 Å². The van der Waals surface area contributed by atoms with E-state index in [4.69, 9.17) is 26.1 Å². The van der Waals surface area contributed by atoms with Crippen LogP contribution in [0.25, 0.3) is 10.9 Å². The van der Waals surface area contributed by atoms with E-state index in [-0.39, 0.29) is 12.4 Å². The zero-order chi connectivity index (χ0) is 23.2. The van der Waals surface area contributed by atoms with Gasteiger partial charge in [0.2, 0.25) is 6.79 Å². The molecule has 0 aliphatic carbocycles. The van der Waals surface area contributed by atoms with Crippen molar-refractivity contribution >= 4 is 28.2 Å². The number of hydrogen-bond donors (Lipinski definition) is 2. The molecule has 0 amide bonds. The second kappa shape index (κ2) is 10.7. The summed E-state index contributed by atoms with van der Waals surface area (Å²) in [5, 5.41) is 4.75. The summed E-state index contributed by atoms with van der Waals surface area (Å²) in [6.45, 7) is 9.15. The first-order valence-corrected chi connectivity index (χ1v) is 11.7. The Kier molecular flexibility index (Phi) is 7.51. The van der Waals surface area contributed by atoms with Crippen LogP contribution in [0.4, 0.5) is 0 Å². The van der Waals surface area contributed by atoms with Gasteiger partial charge in [-0.3, -0.25) is 4.79 Å². The van der Waals surface area contributed by atoms with Crippen molar-refractivity contribution < 1.29 is 13.9 Å². The number of rotatable bonds is 10. The molecule has 0 radical (unpaired) electrons. The monoisotopic (exact) mass is 470 g/mol. The highest BCUT2D eigenvalue weighted by molar-refractivity contribution is 7.80. The fraction of sp³-hybridized carbons (Fsp3) is 0.417. The fourth-order valence-corrected chi connectivity index (χ4v) is 4.16. The lowest BCUT2D eigenvalue weighted by Gasteiger charge is -2.27. The Balaban J connectivity index is 1.51. The summed E-state index contributed by atoms with van der Waals surface area (Å²) in [7, 11) is 0. The number of hydrogen-bond acceptors (Lipinski definition) is 6. The normalized spacial score (nSPS) is 12.5. The number of H-pyrrole nitrogens is 1. The van der Waals surface area contributed by atoms with E-state index in [9.17, 15) is 4.79 Å². The highest BCUT2D eigenvalue weighted by Gasteiger charge is 2.17. The summed E-state index contributed by atoms with van der Waals surface area (Å²) in [5.74, 6) is 2.14. The number of furan rings is 1. The second-order valence-corrected chi connectivity index (χ2v) is 8.34. The number of pyridine rings is 1. The Labute approximate surface area is 198 Å². The molecular formula is C24H30N4O4S. The number of nitrogens with zero attached hydrogens (tertiary/aromatic N) is 2. The smallest absolute Gasteiger partial charge is 0.253 e. The SMILES string of the molecule is CCN(CC)CCCN(Cc1cc2cc3c(cc2[nH]c1=O)OCO3)C(=S)NCc1ccco1. The highest BCUT2D eigenvalue weighted by atomic mass is 32.1. The van der Waals surface area contributed by atoms with Crippen LogP contribution in [0.2, 0.25) is 0 Å². The molecule has 33 heavy (non-hydrogen) atoms. The van der Waals surface area contributed by atoms with E-state index in [2.05, 4.69) is 29.0 Å². The Morgan fingerprint density at radius 1 is 1.15 bits per heavy atom. The zero-order valence-corrected chi connectivity index (χ0v) is 19.9. The second-order valence-electron chi connectivity index (χ2n) is 7.96. The van der Waals surface area contributed by atoms with Crippen LogP contribution < -0.4 is 20.3 Å². The van der Waals surface area contributed by atoms with Gasteiger partial charge < -0.3 is 34.0 Å². The summed E-state index contributed by atoms with van der Waals surface area (Å²) in [6, 6.07) is 9.36. The number of fused-ring (bicyclic) bond motifs is 2. The van der Waals surface area contributed by atoms with E-state index in [1.54, 1.807) is 12.3 Å². The first-order valence-electron chi connectivity index (χ1n) is 11.3. The maximum absolute atomic E-state index is 12.9. The molecule has 0 unspecified atom stereocenters. The number of benzene rings is 1. The molecule has 0 fully saturated rings. The van der Waals surface area contributed by atoms with E-state index < -0.39 is 0 Å². The Morgan fingerprint density at radius 2 is 1.94 bits per heavy atom. The molecule has 0 spiro atoms. The molecule has 0 saturated carbocycles. The maximum atomic E-state index is 12.9. The molecule has 176 valence electrons. The van der Waals surface area contributed by atoms with Crippen LogP contribution >= 0.6 is 12.2 Å². The molecule has 1 aliphatic rings. The van der Waals surface area contributed by atoms with Gasteiger partial charge in [-0.15, -0.1) is 0 Å². The van der Waals surface area contributed by atoms with Gasteiger partial charge in [-0.05, 0) is 62.5 Å². The number of aromatic nitrogens is 1. The summed E-state index contributed by atoms with van der Waals surface area (Å²) in [6.07, 6.45) is 2.58. The predicted molar refractivity (Wildman–Crippen MR) is 132 cm³/mol. The van der Waals surface area contributed by atoms with Gasteiger partial charge >= 0.3 is 0 Å². The van der Waals surface area contributed by atoms with Gasteiger partial charge in [0.1, 0.15) is 5.76 Å². The molecule has 9 heteroatoms. The third-order valence-corrected chi connectivity index (χ3v) is 6.26. The third-order valence-electron chi connectivity index (χ3n) is 5.85. The van der Waals surface area contributed by atoms with Crippen molar-refractivity contribution in [1.29, 1.82) is 0 Å². The van der Waals surface area contributed by atoms with Gasteiger partial charge in [0.25, 0.3) is 5.56 Å². The van der Waals surface area contributed by atoms with Crippen molar-refractivity contribution in [2.75, 3.05) is 33.0 Å². The van der Waals surface area contributed by atoms with E-state index in [0.717, 1.165) is 49.3 Å². The van der Waals surface area contributed by atoms with Crippen molar-refractivity contribution in [1.82, 2.24) is 20.1 Å². The summed E-state index contributed by atoms with van der Waals surface area (Å²) in [5.41, 5.74) is 1.23. The maximum Gasteiger partial charge on any atom is 0.253 e. The molecule has 8 nitrogen and oxygen atoms in total. The van der Waals surface area contributed by atoms with Crippen molar-refractivity contribution in [3.8, 4) is 11.5 Å². The van der Waals surface area contributed by atoms with Gasteiger partial charge in [0.05, 0.1) is 24.9 Å². The average Bonchev–Trinajstić information content (AvgIpc) is 3.50. The summed E-state index contributed by atoms with van der Waals surface area (Å²) in [4.78, 5) is 20.3. The summed E-state index contributed by atoms with van der Waals surface area (Å²) < 4.78 is 16.3. The quantitative estimate of drug-likeness (QED) is 0.436.